The van der Waals surface area contributed by atoms with Crippen LogP contribution in [-0.4, -0.2) is 34.1 Å². The molecule has 1 saturated carbocycles. The van der Waals surface area contributed by atoms with Gasteiger partial charge in [-0.15, -0.1) is 5.10 Å². The van der Waals surface area contributed by atoms with Crippen molar-refractivity contribution in [3.05, 3.63) is 35.5 Å². The number of hydrogen-bond donors (Lipinski definition) is 1. The molecular weight excluding hydrogens is 294 g/mol. The third kappa shape index (κ3) is 3.59. The summed E-state index contributed by atoms with van der Waals surface area (Å²) in [6.07, 6.45) is 5.07. The normalized spacial score (nSPS) is 15.0. The van der Waals surface area contributed by atoms with E-state index in [-0.39, 0.29) is 5.69 Å². The van der Waals surface area contributed by atoms with Crippen LogP contribution in [-0.2, 0) is 16.1 Å². The summed E-state index contributed by atoms with van der Waals surface area (Å²) in [7, 11) is 0. The SMILES string of the molecule is CCOC(=O)c1n[nH]nc1-c1ccccc1COC1CCCC1. The van der Waals surface area contributed by atoms with Crippen LogP contribution >= 0.6 is 0 Å². The fourth-order valence-electron chi connectivity index (χ4n) is 2.90. The second kappa shape index (κ2) is 7.37. The number of rotatable bonds is 6. The topological polar surface area (TPSA) is 77.1 Å². The molecule has 0 spiro atoms. The van der Waals surface area contributed by atoms with E-state index in [0.717, 1.165) is 24.0 Å². The van der Waals surface area contributed by atoms with Gasteiger partial charge >= 0.3 is 5.97 Å². The largest absolute Gasteiger partial charge is 0.461 e. The standard InChI is InChI=1S/C17H21N3O3/c1-2-22-17(21)16-15(18-20-19-16)14-10-6-3-7-12(14)11-23-13-8-4-5-9-13/h3,6-7,10,13H,2,4-5,8-9,11H2,1H3,(H,18,19,20). The lowest BCUT2D eigenvalue weighted by Gasteiger charge is -2.13. The molecule has 1 N–H and O–H groups in total. The number of nitrogens with zero attached hydrogens (tertiary/aromatic N) is 2. The Labute approximate surface area is 135 Å². The van der Waals surface area contributed by atoms with Crippen LogP contribution in [0.5, 0.6) is 0 Å². The van der Waals surface area contributed by atoms with E-state index in [2.05, 4.69) is 15.4 Å². The van der Waals surface area contributed by atoms with Crippen molar-refractivity contribution in [3.63, 3.8) is 0 Å². The minimum atomic E-state index is -0.470. The molecule has 1 fully saturated rings. The van der Waals surface area contributed by atoms with Crippen molar-refractivity contribution in [1.82, 2.24) is 15.4 Å². The first-order valence-electron chi connectivity index (χ1n) is 8.07. The Hall–Kier alpha value is -2.21. The molecule has 6 heteroatoms. The maximum Gasteiger partial charge on any atom is 0.361 e. The first kappa shape index (κ1) is 15.7. The van der Waals surface area contributed by atoms with Crippen molar-refractivity contribution in [3.8, 4) is 11.3 Å². The van der Waals surface area contributed by atoms with Gasteiger partial charge in [-0.3, -0.25) is 0 Å². The van der Waals surface area contributed by atoms with E-state index >= 15 is 0 Å². The van der Waals surface area contributed by atoms with Crippen LogP contribution < -0.4 is 0 Å². The molecule has 2 aromatic rings. The third-order valence-corrected chi connectivity index (χ3v) is 4.07. The number of esters is 1. The molecule has 0 aliphatic heterocycles. The van der Waals surface area contributed by atoms with E-state index in [1.807, 2.05) is 24.3 Å². The molecule has 23 heavy (non-hydrogen) atoms. The Morgan fingerprint density at radius 2 is 2.04 bits per heavy atom. The van der Waals surface area contributed by atoms with Gasteiger partial charge in [0.2, 0.25) is 0 Å². The molecular formula is C17H21N3O3. The summed E-state index contributed by atoms with van der Waals surface area (Å²) in [4.78, 5) is 12.0. The number of aromatic nitrogens is 3. The fraction of sp³-hybridized carbons (Fsp3) is 0.471. The lowest BCUT2D eigenvalue weighted by atomic mass is 10.0. The highest BCUT2D eigenvalue weighted by Gasteiger charge is 2.22. The highest BCUT2D eigenvalue weighted by molar-refractivity contribution is 5.94. The molecule has 6 nitrogen and oxygen atoms in total. The van der Waals surface area contributed by atoms with E-state index in [1.165, 1.54) is 12.8 Å². The van der Waals surface area contributed by atoms with Gasteiger partial charge in [0, 0.05) is 5.56 Å². The van der Waals surface area contributed by atoms with Gasteiger partial charge in [-0.2, -0.15) is 10.3 Å². The summed E-state index contributed by atoms with van der Waals surface area (Å²) in [6.45, 7) is 2.58. The molecule has 0 bridgehead atoms. The van der Waals surface area contributed by atoms with Crippen LogP contribution in [0.4, 0.5) is 0 Å². The summed E-state index contributed by atoms with van der Waals surface area (Å²) in [5, 5.41) is 10.6. The number of benzene rings is 1. The van der Waals surface area contributed by atoms with E-state index < -0.39 is 5.97 Å². The van der Waals surface area contributed by atoms with Crippen molar-refractivity contribution in [2.75, 3.05) is 6.61 Å². The molecule has 0 amide bonds. The van der Waals surface area contributed by atoms with Crippen molar-refractivity contribution in [2.24, 2.45) is 0 Å². The molecule has 0 saturated heterocycles. The van der Waals surface area contributed by atoms with Crippen LogP contribution in [0.3, 0.4) is 0 Å². The van der Waals surface area contributed by atoms with Crippen LogP contribution in [0.15, 0.2) is 24.3 Å². The summed E-state index contributed by atoms with van der Waals surface area (Å²) < 4.78 is 11.0. The molecule has 1 aromatic heterocycles. The first-order valence-corrected chi connectivity index (χ1v) is 8.07. The van der Waals surface area contributed by atoms with Gasteiger partial charge in [-0.25, -0.2) is 4.79 Å². The smallest absolute Gasteiger partial charge is 0.361 e. The van der Waals surface area contributed by atoms with E-state index in [9.17, 15) is 4.79 Å². The van der Waals surface area contributed by atoms with Gasteiger partial charge in [0.1, 0.15) is 5.69 Å². The molecule has 1 aromatic carbocycles. The van der Waals surface area contributed by atoms with Gasteiger partial charge in [0.25, 0.3) is 0 Å². The number of carbonyl (C=O) groups is 1. The highest BCUT2D eigenvalue weighted by atomic mass is 16.5. The number of ether oxygens (including phenoxy) is 2. The molecule has 122 valence electrons. The zero-order chi connectivity index (χ0) is 16.1. The van der Waals surface area contributed by atoms with Gasteiger partial charge in [-0.1, -0.05) is 37.1 Å². The zero-order valence-electron chi connectivity index (χ0n) is 13.2. The average molecular weight is 315 g/mol. The van der Waals surface area contributed by atoms with Crippen LogP contribution in [0.1, 0.15) is 48.7 Å². The van der Waals surface area contributed by atoms with Gasteiger partial charge in [0.15, 0.2) is 5.69 Å². The Bertz CT molecular complexity index is 663. The van der Waals surface area contributed by atoms with Crippen molar-refractivity contribution in [1.29, 1.82) is 0 Å². The summed E-state index contributed by atoms with van der Waals surface area (Å²) in [5.74, 6) is -0.470. The lowest BCUT2D eigenvalue weighted by Crippen LogP contribution is -2.09. The monoisotopic (exact) mass is 315 g/mol. The summed E-state index contributed by atoms with van der Waals surface area (Å²) >= 11 is 0. The minimum absolute atomic E-state index is 0.208. The van der Waals surface area contributed by atoms with Crippen LogP contribution in [0.25, 0.3) is 11.3 Å². The van der Waals surface area contributed by atoms with E-state index in [4.69, 9.17) is 9.47 Å². The first-order chi connectivity index (χ1) is 11.3. The van der Waals surface area contributed by atoms with Gasteiger partial charge in [0.05, 0.1) is 19.3 Å². The Kier molecular flexibility index (Phi) is 5.02. The van der Waals surface area contributed by atoms with Crippen molar-refractivity contribution >= 4 is 5.97 Å². The van der Waals surface area contributed by atoms with Gasteiger partial charge in [-0.05, 0) is 25.3 Å². The van der Waals surface area contributed by atoms with Gasteiger partial charge < -0.3 is 9.47 Å². The Morgan fingerprint density at radius 1 is 1.26 bits per heavy atom. The molecule has 0 unspecified atom stereocenters. The second-order valence-corrected chi connectivity index (χ2v) is 5.62. The fourth-order valence-corrected chi connectivity index (χ4v) is 2.90. The number of carbonyl (C=O) groups excluding carboxylic acids is 1. The summed E-state index contributed by atoms with van der Waals surface area (Å²) in [6, 6.07) is 7.79. The van der Waals surface area contributed by atoms with Crippen molar-refractivity contribution in [2.45, 2.75) is 45.3 Å². The van der Waals surface area contributed by atoms with Crippen LogP contribution in [0, 0.1) is 0 Å². The Balaban J connectivity index is 1.82. The number of aromatic amines is 1. The molecule has 1 aliphatic carbocycles. The summed E-state index contributed by atoms with van der Waals surface area (Å²) in [5.41, 5.74) is 2.57. The number of H-pyrrole nitrogens is 1. The molecule has 1 heterocycles. The molecule has 3 rings (SSSR count). The average Bonchev–Trinajstić information content (AvgIpc) is 3.25. The Morgan fingerprint density at radius 3 is 2.83 bits per heavy atom. The van der Waals surface area contributed by atoms with Crippen molar-refractivity contribution < 1.29 is 14.3 Å². The predicted molar refractivity (Wildman–Crippen MR) is 84.8 cm³/mol. The maximum atomic E-state index is 12.0. The predicted octanol–water partition coefficient (Wildman–Crippen LogP) is 3.11. The molecule has 1 aliphatic rings. The number of hydrogen-bond acceptors (Lipinski definition) is 5. The van der Waals surface area contributed by atoms with E-state index in [0.29, 0.717) is 25.0 Å². The third-order valence-electron chi connectivity index (χ3n) is 4.07. The maximum absolute atomic E-state index is 12.0. The highest BCUT2D eigenvalue weighted by Crippen LogP contribution is 2.27. The number of nitrogens with one attached hydrogen (secondary N) is 1. The minimum Gasteiger partial charge on any atom is -0.461 e. The molecule has 0 radical (unpaired) electrons. The zero-order valence-corrected chi connectivity index (χ0v) is 13.2. The quantitative estimate of drug-likeness (QED) is 0.829. The molecule has 0 atom stereocenters. The second-order valence-electron chi connectivity index (χ2n) is 5.62. The van der Waals surface area contributed by atoms with E-state index in [1.54, 1.807) is 6.92 Å². The van der Waals surface area contributed by atoms with Crippen LogP contribution in [0.2, 0.25) is 0 Å². The lowest BCUT2D eigenvalue weighted by molar-refractivity contribution is 0.0458.